The Morgan fingerprint density at radius 1 is 1.47 bits per heavy atom. The van der Waals surface area contributed by atoms with Crippen LogP contribution in [0.2, 0.25) is 0 Å². The number of alkyl halides is 3. The van der Waals surface area contributed by atoms with E-state index in [4.69, 9.17) is 0 Å². The molecule has 0 aromatic heterocycles. The number of hydrogen-bond donors (Lipinski definition) is 0. The monoisotopic (exact) mass is 223 g/mol. The lowest BCUT2D eigenvalue weighted by Gasteiger charge is -2.09. The Morgan fingerprint density at radius 2 is 2.07 bits per heavy atom. The van der Waals surface area contributed by atoms with Crippen LogP contribution in [0.15, 0.2) is 4.99 Å². The van der Waals surface area contributed by atoms with E-state index in [1.807, 2.05) is 0 Å². The second kappa shape index (κ2) is 4.63. The zero-order valence-corrected chi connectivity index (χ0v) is 8.30. The van der Waals surface area contributed by atoms with Gasteiger partial charge in [0.25, 0.3) is 0 Å². The lowest BCUT2D eigenvalue weighted by molar-refractivity contribution is -0.142. The van der Waals surface area contributed by atoms with Gasteiger partial charge in [-0.15, -0.1) is 0 Å². The second-order valence-electron chi connectivity index (χ2n) is 3.29. The molecule has 0 aromatic carbocycles. The third-order valence-corrected chi connectivity index (χ3v) is 1.83. The number of carbonyl (C=O) groups is 1. The fourth-order valence-electron chi connectivity index (χ4n) is 0.992. The highest BCUT2D eigenvalue weighted by Gasteiger charge is 2.38. The van der Waals surface area contributed by atoms with E-state index in [-0.39, 0.29) is 12.6 Å². The van der Waals surface area contributed by atoms with Gasteiger partial charge in [0.2, 0.25) is 0 Å². The largest absolute Gasteiger partial charge is 0.466 e. The Morgan fingerprint density at radius 3 is 2.47 bits per heavy atom. The molecule has 1 aliphatic rings. The zero-order valence-electron chi connectivity index (χ0n) is 8.30. The van der Waals surface area contributed by atoms with Crippen molar-refractivity contribution in [2.75, 3.05) is 6.61 Å². The first-order valence-electron chi connectivity index (χ1n) is 4.73. The highest BCUT2D eigenvalue weighted by atomic mass is 19.4. The molecular formula is C9H12F3NO2. The maximum absolute atomic E-state index is 12.4. The molecule has 86 valence electrons. The van der Waals surface area contributed by atoms with Gasteiger partial charge in [-0.25, -0.2) is 0 Å². The van der Waals surface area contributed by atoms with Crippen LogP contribution in [0.4, 0.5) is 13.2 Å². The first-order valence-corrected chi connectivity index (χ1v) is 4.73. The van der Waals surface area contributed by atoms with Crippen molar-refractivity contribution in [1.29, 1.82) is 0 Å². The van der Waals surface area contributed by atoms with Crippen molar-refractivity contribution in [2.45, 2.75) is 38.4 Å². The van der Waals surface area contributed by atoms with Gasteiger partial charge in [0, 0.05) is 0 Å². The molecule has 0 bridgehead atoms. The van der Waals surface area contributed by atoms with Crippen LogP contribution < -0.4 is 0 Å². The Bertz CT molecular complexity index is 269. The number of nitrogens with zero attached hydrogens (tertiary/aromatic N) is 1. The number of halogens is 3. The molecule has 0 amide bonds. The highest BCUT2D eigenvalue weighted by molar-refractivity contribution is 6.02. The average molecular weight is 223 g/mol. The zero-order chi connectivity index (χ0) is 11.5. The molecule has 0 aliphatic heterocycles. The summed E-state index contributed by atoms with van der Waals surface area (Å²) < 4.78 is 41.6. The van der Waals surface area contributed by atoms with Crippen molar-refractivity contribution in [1.82, 2.24) is 0 Å². The summed E-state index contributed by atoms with van der Waals surface area (Å²) in [5.74, 6) is -0.880. The molecule has 1 saturated carbocycles. The van der Waals surface area contributed by atoms with Gasteiger partial charge in [0.05, 0.1) is 19.1 Å². The first-order chi connectivity index (χ1) is 6.93. The fourth-order valence-corrected chi connectivity index (χ4v) is 0.992. The number of rotatable bonds is 4. The van der Waals surface area contributed by atoms with E-state index in [9.17, 15) is 18.0 Å². The lowest BCUT2D eigenvalue weighted by atomic mass is 10.2. The van der Waals surface area contributed by atoms with Crippen molar-refractivity contribution >= 4 is 11.7 Å². The topological polar surface area (TPSA) is 38.7 Å². The van der Waals surface area contributed by atoms with Gasteiger partial charge in [0.15, 0.2) is 0 Å². The van der Waals surface area contributed by atoms with E-state index < -0.39 is 24.3 Å². The predicted octanol–water partition coefficient (Wildman–Crippen LogP) is 2.11. The maximum Gasteiger partial charge on any atom is 0.429 e. The summed E-state index contributed by atoms with van der Waals surface area (Å²) in [6.07, 6.45) is -3.98. The molecule has 1 fully saturated rings. The Balaban J connectivity index is 2.61. The Kier molecular flexibility index (Phi) is 3.71. The molecule has 0 N–H and O–H groups in total. The molecule has 15 heavy (non-hydrogen) atoms. The summed E-state index contributed by atoms with van der Waals surface area (Å²) in [6, 6.07) is -0.254. The molecule has 0 radical (unpaired) electrons. The Hall–Kier alpha value is -1.07. The van der Waals surface area contributed by atoms with Crippen molar-refractivity contribution in [3.05, 3.63) is 0 Å². The third-order valence-electron chi connectivity index (χ3n) is 1.83. The van der Waals surface area contributed by atoms with Gasteiger partial charge >= 0.3 is 12.1 Å². The van der Waals surface area contributed by atoms with Crippen molar-refractivity contribution < 1.29 is 22.7 Å². The molecule has 6 heteroatoms. The summed E-state index contributed by atoms with van der Waals surface area (Å²) in [5.41, 5.74) is -1.02. The molecule has 0 spiro atoms. The molecule has 1 aliphatic carbocycles. The summed E-state index contributed by atoms with van der Waals surface area (Å²) in [5, 5.41) is 0. The average Bonchev–Trinajstić information content (AvgIpc) is 2.85. The van der Waals surface area contributed by atoms with Crippen LogP contribution in [0, 0.1) is 0 Å². The molecule has 0 atom stereocenters. The number of carbonyl (C=O) groups excluding carboxylic acids is 1. The minimum absolute atomic E-state index is 0.0768. The molecule has 0 unspecified atom stereocenters. The molecule has 0 heterocycles. The van der Waals surface area contributed by atoms with Crippen molar-refractivity contribution in [3.63, 3.8) is 0 Å². The first kappa shape index (κ1) is 12.0. The SMILES string of the molecule is CCOC(=O)CC(=NC1CC1)C(F)(F)F. The van der Waals surface area contributed by atoms with Crippen LogP contribution in [0.5, 0.6) is 0 Å². The van der Waals surface area contributed by atoms with E-state index in [1.165, 1.54) is 0 Å². The minimum Gasteiger partial charge on any atom is -0.466 e. The molecule has 1 rings (SSSR count). The van der Waals surface area contributed by atoms with Crippen LogP contribution in [0.25, 0.3) is 0 Å². The van der Waals surface area contributed by atoms with E-state index >= 15 is 0 Å². The summed E-state index contributed by atoms with van der Waals surface area (Å²) in [6.45, 7) is 1.62. The molecular weight excluding hydrogens is 211 g/mol. The van der Waals surface area contributed by atoms with Gasteiger partial charge in [-0.3, -0.25) is 9.79 Å². The maximum atomic E-state index is 12.4. The van der Waals surface area contributed by atoms with Gasteiger partial charge in [-0.1, -0.05) is 0 Å². The van der Waals surface area contributed by atoms with Crippen LogP contribution in [0.1, 0.15) is 26.2 Å². The number of hydrogen-bond acceptors (Lipinski definition) is 3. The van der Waals surface area contributed by atoms with Gasteiger partial charge in [-0.2, -0.15) is 13.2 Å². The summed E-state index contributed by atoms with van der Waals surface area (Å²) in [7, 11) is 0. The fraction of sp³-hybridized carbons (Fsp3) is 0.778. The van der Waals surface area contributed by atoms with Crippen LogP contribution in [-0.2, 0) is 9.53 Å². The van der Waals surface area contributed by atoms with Crippen molar-refractivity contribution in [2.24, 2.45) is 4.99 Å². The van der Waals surface area contributed by atoms with E-state index in [1.54, 1.807) is 6.92 Å². The number of ether oxygens (including phenoxy) is 1. The van der Waals surface area contributed by atoms with Crippen LogP contribution in [0.3, 0.4) is 0 Å². The standard InChI is InChI=1S/C9H12F3NO2/c1-2-15-8(14)5-7(9(10,11)12)13-6-3-4-6/h6H,2-5H2,1H3. The smallest absolute Gasteiger partial charge is 0.429 e. The highest BCUT2D eigenvalue weighted by Crippen LogP contribution is 2.28. The van der Waals surface area contributed by atoms with Crippen LogP contribution >= 0.6 is 0 Å². The summed E-state index contributed by atoms with van der Waals surface area (Å²) in [4.78, 5) is 14.4. The van der Waals surface area contributed by atoms with Gasteiger partial charge in [0.1, 0.15) is 5.71 Å². The summed E-state index contributed by atoms with van der Waals surface area (Å²) >= 11 is 0. The van der Waals surface area contributed by atoms with E-state index in [2.05, 4.69) is 9.73 Å². The van der Waals surface area contributed by atoms with Crippen molar-refractivity contribution in [3.8, 4) is 0 Å². The normalized spacial score (nSPS) is 17.7. The number of aliphatic imine (C=N–C) groups is 1. The van der Waals surface area contributed by atoms with Crippen LogP contribution in [-0.4, -0.2) is 30.5 Å². The lowest BCUT2D eigenvalue weighted by Crippen LogP contribution is -2.27. The minimum atomic E-state index is -4.53. The van der Waals surface area contributed by atoms with Gasteiger partial charge in [-0.05, 0) is 19.8 Å². The molecule has 3 nitrogen and oxygen atoms in total. The van der Waals surface area contributed by atoms with E-state index in [0.717, 1.165) is 0 Å². The third kappa shape index (κ3) is 4.31. The van der Waals surface area contributed by atoms with Gasteiger partial charge < -0.3 is 4.74 Å². The Labute approximate surface area is 85.3 Å². The molecule has 0 saturated heterocycles. The molecule has 0 aromatic rings. The predicted molar refractivity (Wildman–Crippen MR) is 47.8 cm³/mol. The van der Waals surface area contributed by atoms with E-state index in [0.29, 0.717) is 12.8 Å². The quantitative estimate of drug-likeness (QED) is 0.540. The number of esters is 1. The second-order valence-corrected chi connectivity index (χ2v) is 3.29.